The standard InChI is InChI=1S/C7H11F3N2O2/c1-5(13)11-3-4-12(2)6(14)7(8,9)10/h3-4H2,1-2H3,(H,11,13). The minimum absolute atomic E-state index is 0.00759. The molecule has 0 bridgehead atoms. The van der Waals surface area contributed by atoms with Crippen molar-refractivity contribution in [3.8, 4) is 0 Å². The highest BCUT2D eigenvalue weighted by Crippen LogP contribution is 2.16. The molecule has 0 atom stereocenters. The van der Waals surface area contributed by atoms with E-state index in [0.717, 1.165) is 7.05 Å². The number of carbonyl (C=O) groups excluding carboxylic acids is 2. The van der Waals surface area contributed by atoms with Crippen molar-refractivity contribution in [3.63, 3.8) is 0 Å². The van der Waals surface area contributed by atoms with Crippen LogP contribution in [0.25, 0.3) is 0 Å². The zero-order valence-corrected chi connectivity index (χ0v) is 7.81. The lowest BCUT2D eigenvalue weighted by molar-refractivity contribution is -0.183. The highest BCUT2D eigenvalue weighted by molar-refractivity contribution is 5.81. The molecule has 0 aliphatic rings. The van der Waals surface area contributed by atoms with Gasteiger partial charge in [-0.1, -0.05) is 0 Å². The summed E-state index contributed by atoms with van der Waals surface area (Å²) in [6.45, 7) is 1.08. The monoisotopic (exact) mass is 212 g/mol. The van der Waals surface area contributed by atoms with E-state index in [1.165, 1.54) is 6.92 Å². The smallest absolute Gasteiger partial charge is 0.355 e. The van der Waals surface area contributed by atoms with Crippen LogP contribution in [-0.4, -0.2) is 43.0 Å². The number of hydrogen-bond donors (Lipinski definition) is 1. The van der Waals surface area contributed by atoms with E-state index >= 15 is 0 Å². The van der Waals surface area contributed by atoms with Crippen LogP contribution in [-0.2, 0) is 9.59 Å². The number of nitrogens with zero attached hydrogens (tertiary/aromatic N) is 1. The predicted octanol–water partition coefficient (Wildman–Crippen LogP) is 0.143. The normalized spacial score (nSPS) is 10.9. The van der Waals surface area contributed by atoms with E-state index in [0.29, 0.717) is 4.90 Å². The highest BCUT2D eigenvalue weighted by Gasteiger charge is 2.40. The molecule has 0 radical (unpaired) electrons. The van der Waals surface area contributed by atoms with E-state index in [1.54, 1.807) is 0 Å². The van der Waals surface area contributed by atoms with Crippen LogP contribution in [0.15, 0.2) is 0 Å². The molecule has 82 valence electrons. The molecular weight excluding hydrogens is 201 g/mol. The first kappa shape index (κ1) is 12.7. The van der Waals surface area contributed by atoms with Gasteiger partial charge in [-0.15, -0.1) is 0 Å². The molecule has 4 nitrogen and oxygen atoms in total. The third-order valence-corrected chi connectivity index (χ3v) is 1.41. The molecule has 0 aromatic heterocycles. The molecule has 0 aromatic carbocycles. The second-order valence-corrected chi connectivity index (χ2v) is 2.71. The molecule has 0 aliphatic carbocycles. The summed E-state index contributed by atoms with van der Waals surface area (Å²) in [5.74, 6) is -2.26. The molecule has 2 amide bonds. The molecule has 0 spiro atoms. The van der Waals surface area contributed by atoms with Gasteiger partial charge in [0, 0.05) is 27.1 Å². The lowest BCUT2D eigenvalue weighted by atomic mass is 10.4. The van der Waals surface area contributed by atoms with Gasteiger partial charge < -0.3 is 10.2 Å². The van der Waals surface area contributed by atoms with Crippen LogP contribution in [0.5, 0.6) is 0 Å². The van der Waals surface area contributed by atoms with Crippen molar-refractivity contribution in [2.24, 2.45) is 0 Å². The predicted molar refractivity (Wildman–Crippen MR) is 42.4 cm³/mol. The van der Waals surface area contributed by atoms with Crippen LogP contribution >= 0.6 is 0 Å². The Balaban J connectivity index is 3.91. The van der Waals surface area contributed by atoms with Crippen molar-refractivity contribution < 1.29 is 22.8 Å². The second kappa shape index (κ2) is 4.83. The Morgan fingerprint density at radius 3 is 2.21 bits per heavy atom. The molecule has 0 saturated heterocycles. The van der Waals surface area contributed by atoms with Crippen LogP contribution in [0, 0.1) is 0 Å². The summed E-state index contributed by atoms with van der Waals surface area (Å²) in [7, 11) is 1.03. The molecule has 0 aliphatic heterocycles. The van der Waals surface area contributed by atoms with Crippen molar-refractivity contribution >= 4 is 11.8 Å². The van der Waals surface area contributed by atoms with Gasteiger partial charge in [0.25, 0.3) is 0 Å². The first-order valence-corrected chi connectivity index (χ1v) is 3.82. The molecule has 0 saturated carbocycles. The van der Waals surface area contributed by atoms with Gasteiger partial charge in [-0.25, -0.2) is 0 Å². The van der Waals surface area contributed by atoms with Gasteiger partial charge in [-0.2, -0.15) is 13.2 Å². The third kappa shape index (κ3) is 4.68. The van der Waals surface area contributed by atoms with Crippen LogP contribution in [0.2, 0.25) is 0 Å². The summed E-state index contributed by atoms with van der Waals surface area (Å²) >= 11 is 0. The van der Waals surface area contributed by atoms with Gasteiger partial charge in [0.15, 0.2) is 0 Å². The van der Waals surface area contributed by atoms with E-state index in [-0.39, 0.29) is 19.0 Å². The average Bonchev–Trinajstić information content (AvgIpc) is 2.00. The largest absolute Gasteiger partial charge is 0.471 e. The van der Waals surface area contributed by atoms with Gasteiger partial charge in [-0.05, 0) is 0 Å². The number of hydrogen-bond acceptors (Lipinski definition) is 2. The molecule has 0 rings (SSSR count). The van der Waals surface area contributed by atoms with E-state index in [9.17, 15) is 22.8 Å². The number of halogens is 3. The van der Waals surface area contributed by atoms with Crippen molar-refractivity contribution in [2.45, 2.75) is 13.1 Å². The topological polar surface area (TPSA) is 49.4 Å². The molecule has 7 heteroatoms. The Morgan fingerprint density at radius 2 is 1.86 bits per heavy atom. The number of rotatable bonds is 3. The number of alkyl halides is 3. The number of amides is 2. The molecular formula is C7H11F3N2O2. The minimum Gasteiger partial charge on any atom is -0.355 e. The van der Waals surface area contributed by atoms with Gasteiger partial charge >= 0.3 is 12.1 Å². The summed E-state index contributed by atoms with van der Waals surface area (Å²) < 4.78 is 35.4. The van der Waals surface area contributed by atoms with Gasteiger partial charge in [-0.3, -0.25) is 9.59 Å². The van der Waals surface area contributed by atoms with Crippen molar-refractivity contribution in [1.82, 2.24) is 10.2 Å². The fourth-order valence-corrected chi connectivity index (χ4v) is 0.718. The number of nitrogens with one attached hydrogen (secondary N) is 1. The molecule has 0 aromatic rings. The number of carbonyl (C=O) groups is 2. The first-order valence-electron chi connectivity index (χ1n) is 3.82. The number of likely N-dealkylation sites (N-methyl/N-ethyl adjacent to an activating group) is 1. The summed E-state index contributed by atoms with van der Waals surface area (Å²) in [6.07, 6.45) is -4.86. The minimum atomic E-state index is -4.86. The van der Waals surface area contributed by atoms with Crippen LogP contribution in [0.4, 0.5) is 13.2 Å². The maximum atomic E-state index is 11.8. The zero-order valence-electron chi connectivity index (χ0n) is 7.81. The van der Waals surface area contributed by atoms with E-state index < -0.39 is 12.1 Å². The summed E-state index contributed by atoms with van der Waals surface area (Å²) in [6, 6.07) is 0. The Bertz CT molecular complexity index is 227. The fraction of sp³-hybridized carbons (Fsp3) is 0.714. The Morgan fingerprint density at radius 1 is 1.36 bits per heavy atom. The Labute approximate surface area is 79.1 Å². The van der Waals surface area contributed by atoms with Crippen LogP contribution in [0.1, 0.15) is 6.92 Å². The highest BCUT2D eigenvalue weighted by atomic mass is 19.4. The van der Waals surface area contributed by atoms with Gasteiger partial charge in [0.2, 0.25) is 5.91 Å². The third-order valence-electron chi connectivity index (χ3n) is 1.41. The average molecular weight is 212 g/mol. The molecule has 0 fully saturated rings. The zero-order chi connectivity index (χ0) is 11.4. The maximum absolute atomic E-state index is 11.8. The SMILES string of the molecule is CC(=O)NCCN(C)C(=O)C(F)(F)F. The molecule has 14 heavy (non-hydrogen) atoms. The quantitative estimate of drug-likeness (QED) is 0.723. The molecule has 0 unspecified atom stereocenters. The summed E-state index contributed by atoms with van der Waals surface area (Å²) in [5, 5.41) is 2.28. The Hall–Kier alpha value is -1.27. The lowest BCUT2D eigenvalue weighted by Gasteiger charge is -2.18. The first-order chi connectivity index (χ1) is 6.25. The fourth-order valence-electron chi connectivity index (χ4n) is 0.718. The van der Waals surface area contributed by atoms with Gasteiger partial charge in [0.05, 0.1) is 0 Å². The van der Waals surface area contributed by atoms with Crippen LogP contribution < -0.4 is 5.32 Å². The van der Waals surface area contributed by atoms with E-state index in [2.05, 4.69) is 5.32 Å². The molecule has 0 heterocycles. The van der Waals surface area contributed by atoms with E-state index in [4.69, 9.17) is 0 Å². The summed E-state index contributed by atoms with van der Waals surface area (Å²) in [4.78, 5) is 21.4. The van der Waals surface area contributed by atoms with Gasteiger partial charge in [0.1, 0.15) is 0 Å². The van der Waals surface area contributed by atoms with E-state index in [1.807, 2.05) is 0 Å². The van der Waals surface area contributed by atoms with Crippen molar-refractivity contribution in [1.29, 1.82) is 0 Å². The van der Waals surface area contributed by atoms with Crippen molar-refractivity contribution in [2.75, 3.05) is 20.1 Å². The van der Waals surface area contributed by atoms with Crippen molar-refractivity contribution in [3.05, 3.63) is 0 Å². The lowest BCUT2D eigenvalue weighted by Crippen LogP contribution is -2.42. The van der Waals surface area contributed by atoms with Crippen LogP contribution in [0.3, 0.4) is 0 Å². The second-order valence-electron chi connectivity index (χ2n) is 2.71. The Kier molecular flexibility index (Phi) is 4.39. The maximum Gasteiger partial charge on any atom is 0.471 e. The molecule has 1 N–H and O–H groups in total. The summed E-state index contributed by atoms with van der Waals surface area (Å²) in [5.41, 5.74) is 0.